The highest BCUT2D eigenvalue weighted by atomic mass is 19.1. The van der Waals surface area contributed by atoms with Crippen molar-refractivity contribution in [1.29, 1.82) is 0 Å². The van der Waals surface area contributed by atoms with Gasteiger partial charge in [-0.1, -0.05) is 13.0 Å². The van der Waals surface area contributed by atoms with Crippen molar-refractivity contribution < 1.29 is 18.7 Å². The Kier molecular flexibility index (Phi) is 4.63. The van der Waals surface area contributed by atoms with Crippen LogP contribution >= 0.6 is 0 Å². The molecule has 0 unspecified atom stereocenters. The Hall–Kier alpha value is -1.91. The predicted molar refractivity (Wildman–Crippen MR) is 60.9 cm³/mol. The highest BCUT2D eigenvalue weighted by Gasteiger charge is 2.05. The molecule has 2 N–H and O–H groups in total. The minimum absolute atomic E-state index is 0.0158. The largest absolute Gasteiger partial charge is 0.478 e. The van der Waals surface area contributed by atoms with Crippen molar-refractivity contribution in [3.8, 4) is 0 Å². The molecule has 0 saturated carbocycles. The lowest BCUT2D eigenvalue weighted by atomic mass is 10.2. The normalized spacial score (nSPS) is 11.4. The van der Waals surface area contributed by atoms with Crippen LogP contribution in [0.4, 0.5) is 14.5 Å². The highest BCUT2D eigenvalue weighted by Crippen LogP contribution is 2.15. The van der Waals surface area contributed by atoms with Crippen LogP contribution in [0.3, 0.4) is 0 Å². The number of aliphatic carboxylic acids is 1. The monoisotopic (exact) mass is 241 g/mol. The van der Waals surface area contributed by atoms with E-state index >= 15 is 0 Å². The minimum atomic E-state index is -1.01. The summed E-state index contributed by atoms with van der Waals surface area (Å²) >= 11 is 0. The summed E-state index contributed by atoms with van der Waals surface area (Å²) in [6, 6.07) is 3.06. The average Bonchev–Trinajstić information content (AvgIpc) is 2.28. The molecule has 0 aliphatic carbocycles. The van der Waals surface area contributed by atoms with Gasteiger partial charge in [0.1, 0.15) is 11.6 Å². The van der Waals surface area contributed by atoms with Gasteiger partial charge in [-0.25, -0.2) is 13.6 Å². The number of carboxylic acids is 1. The van der Waals surface area contributed by atoms with Crippen LogP contribution in [0.1, 0.15) is 13.3 Å². The summed E-state index contributed by atoms with van der Waals surface area (Å²) in [7, 11) is 0. The van der Waals surface area contributed by atoms with Gasteiger partial charge in [0.05, 0.1) is 5.69 Å². The summed E-state index contributed by atoms with van der Waals surface area (Å²) in [5.41, 5.74) is 0.247. The van der Waals surface area contributed by atoms with Gasteiger partial charge < -0.3 is 10.4 Å². The number of hydrogen-bond acceptors (Lipinski definition) is 2. The fourth-order valence-electron chi connectivity index (χ4n) is 1.30. The van der Waals surface area contributed by atoms with Gasteiger partial charge in [-0.15, -0.1) is 0 Å². The number of halogens is 2. The molecule has 0 aliphatic heterocycles. The predicted octanol–water partition coefficient (Wildman–Crippen LogP) is 2.80. The first-order chi connectivity index (χ1) is 8.04. The first kappa shape index (κ1) is 13.2. The fourth-order valence-corrected chi connectivity index (χ4v) is 1.30. The van der Waals surface area contributed by atoms with Crippen molar-refractivity contribution in [1.82, 2.24) is 0 Å². The Bertz CT molecular complexity index is 444. The smallest absolute Gasteiger partial charge is 0.331 e. The first-order valence-electron chi connectivity index (χ1n) is 5.15. The number of nitrogens with one attached hydrogen (secondary N) is 1. The zero-order valence-corrected chi connectivity index (χ0v) is 9.34. The van der Waals surface area contributed by atoms with E-state index in [0.717, 1.165) is 18.2 Å². The third-order valence-corrected chi connectivity index (χ3v) is 2.22. The molecule has 1 rings (SSSR count). The van der Waals surface area contributed by atoms with Crippen molar-refractivity contribution in [3.05, 3.63) is 41.5 Å². The molecule has 0 amide bonds. The van der Waals surface area contributed by atoms with Crippen LogP contribution in [0.5, 0.6) is 0 Å². The van der Waals surface area contributed by atoms with E-state index in [-0.39, 0.29) is 17.8 Å². The maximum absolute atomic E-state index is 13.2. The van der Waals surface area contributed by atoms with Crippen molar-refractivity contribution in [2.24, 2.45) is 0 Å². The molecule has 0 bridgehead atoms. The van der Waals surface area contributed by atoms with E-state index < -0.39 is 17.6 Å². The Morgan fingerprint density at radius 3 is 2.76 bits per heavy atom. The zero-order chi connectivity index (χ0) is 12.8. The molecule has 0 saturated heterocycles. The Morgan fingerprint density at radius 2 is 2.18 bits per heavy atom. The molecule has 0 heterocycles. The van der Waals surface area contributed by atoms with Gasteiger partial charge >= 0.3 is 5.97 Å². The van der Waals surface area contributed by atoms with Gasteiger partial charge in [0.25, 0.3) is 0 Å². The quantitative estimate of drug-likeness (QED) is 0.779. The summed E-state index contributed by atoms with van der Waals surface area (Å²) < 4.78 is 26.0. The van der Waals surface area contributed by atoms with Crippen LogP contribution in [-0.2, 0) is 4.79 Å². The summed E-state index contributed by atoms with van der Waals surface area (Å²) in [4.78, 5) is 10.7. The maximum atomic E-state index is 13.2. The molecule has 5 heteroatoms. The molecular formula is C12H13F2NO2. The molecule has 1 aromatic carbocycles. The topological polar surface area (TPSA) is 49.3 Å². The maximum Gasteiger partial charge on any atom is 0.331 e. The zero-order valence-electron chi connectivity index (χ0n) is 9.34. The minimum Gasteiger partial charge on any atom is -0.478 e. The number of carbonyl (C=O) groups is 1. The molecular weight excluding hydrogens is 228 g/mol. The molecule has 0 aromatic heterocycles. The molecule has 0 radical (unpaired) electrons. The molecule has 0 fully saturated rings. The Balaban J connectivity index is 2.67. The van der Waals surface area contributed by atoms with E-state index in [4.69, 9.17) is 5.11 Å². The summed E-state index contributed by atoms with van der Waals surface area (Å²) in [5.74, 6) is -2.13. The van der Waals surface area contributed by atoms with Gasteiger partial charge in [-0.2, -0.15) is 0 Å². The standard InChI is InChI=1S/C12H13F2NO2/c1-2-8(12(16)17)5-6-15-11-7-9(13)3-4-10(11)14/h3-5,7,15H,2,6H2,1H3,(H,16,17)/b8-5-. The molecule has 92 valence electrons. The highest BCUT2D eigenvalue weighted by molar-refractivity contribution is 5.86. The van der Waals surface area contributed by atoms with Crippen molar-refractivity contribution >= 4 is 11.7 Å². The number of anilines is 1. The second-order valence-electron chi connectivity index (χ2n) is 3.39. The second kappa shape index (κ2) is 5.98. The SMILES string of the molecule is CC/C(=C/CNc1cc(F)ccc1F)C(=O)O. The van der Waals surface area contributed by atoms with E-state index in [9.17, 15) is 13.6 Å². The third kappa shape index (κ3) is 3.86. The summed E-state index contributed by atoms with van der Waals surface area (Å²) in [5, 5.41) is 11.4. The Labute approximate surface area is 97.8 Å². The fraction of sp³-hybridized carbons (Fsp3) is 0.250. The van der Waals surface area contributed by atoms with Gasteiger partial charge in [-0.05, 0) is 24.6 Å². The number of hydrogen-bond donors (Lipinski definition) is 2. The average molecular weight is 241 g/mol. The molecule has 0 spiro atoms. The van der Waals surface area contributed by atoms with E-state index in [0.29, 0.717) is 6.42 Å². The van der Waals surface area contributed by atoms with Crippen LogP contribution in [0.25, 0.3) is 0 Å². The van der Waals surface area contributed by atoms with Gasteiger partial charge in [-0.3, -0.25) is 0 Å². The van der Waals surface area contributed by atoms with Crippen LogP contribution in [-0.4, -0.2) is 17.6 Å². The summed E-state index contributed by atoms with van der Waals surface area (Å²) in [6.07, 6.45) is 1.81. The lowest BCUT2D eigenvalue weighted by Crippen LogP contribution is -2.06. The van der Waals surface area contributed by atoms with E-state index in [2.05, 4.69) is 5.32 Å². The van der Waals surface area contributed by atoms with Crippen LogP contribution < -0.4 is 5.32 Å². The molecule has 17 heavy (non-hydrogen) atoms. The lowest BCUT2D eigenvalue weighted by molar-refractivity contribution is -0.132. The Morgan fingerprint density at radius 1 is 1.47 bits per heavy atom. The van der Waals surface area contributed by atoms with E-state index in [1.54, 1.807) is 6.92 Å². The molecule has 1 aromatic rings. The van der Waals surface area contributed by atoms with Crippen molar-refractivity contribution in [2.75, 3.05) is 11.9 Å². The van der Waals surface area contributed by atoms with Crippen LogP contribution in [0, 0.1) is 11.6 Å². The van der Waals surface area contributed by atoms with Gasteiger partial charge in [0.2, 0.25) is 0 Å². The van der Waals surface area contributed by atoms with E-state index in [1.165, 1.54) is 6.08 Å². The number of rotatable bonds is 5. The molecule has 0 atom stereocenters. The van der Waals surface area contributed by atoms with Crippen LogP contribution in [0.15, 0.2) is 29.8 Å². The van der Waals surface area contributed by atoms with Gasteiger partial charge in [0.15, 0.2) is 0 Å². The van der Waals surface area contributed by atoms with Crippen LogP contribution in [0.2, 0.25) is 0 Å². The first-order valence-corrected chi connectivity index (χ1v) is 5.15. The number of benzene rings is 1. The second-order valence-corrected chi connectivity index (χ2v) is 3.39. The lowest BCUT2D eigenvalue weighted by Gasteiger charge is -2.05. The summed E-state index contributed by atoms with van der Waals surface area (Å²) in [6.45, 7) is 1.85. The van der Waals surface area contributed by atoms with Gasteiger partial charge in [0, 0.05) is 12.1 Å². The molecule has 0 aliphatic rings. The molecule has 3 nitrogen and oxygen atoms in total. The van der Waals surface area contributed by atoms with E-state index in [1.807, 2.05) is 0 Å². The van der Waals surface area contributed by atoms with Crippen molar-refractivity contribution in [2.45, 2.75) is 13.3 Å². The third-order valence-electron chi connectivity index (χ3n) is 2.22. The number of carboxylic acid groups (broad SMARTS) is 1. The van der Waals surface area contributed by atoms with Crippen molar-refractivity contribution in [3.63, 3.8) is 0 Å².